The predicted molar refractivity (Wildman–Crippen MR) is 128 cm³/mol. The molecule has 2 aliphatic rings. The lowest BCUT2D eigenvalue weighted by Gasteiger charge is -2.35. The van der Waals surface area contributed by atoms with Crippen molar-refractivity contribution in [1.29, 1.82) is 0 Å². The van der Waals surface area contributed by atoms with Crippen LogP contribution in [0.15, 0.2) is 48.5 Å². The Hall–Kier alpha value is -3.35. The summed E-state index contributed by atoms with van der Waals surface area (Å²) in [6, 6.07) is 15.5. The van der Waals surface area contributed by atoms with E-state index in [2.05, 4.69) is 29.6 Å². The molecule has 1 heterocycles. The summed E-state index contributed by atoms with van der Waals surface area (Å²) in [5, 5.41) is 12.1. The van der Waals surface area contributed by atoms with E-state index in [0.717, 1.165) is 22.3 Å². The Bertz CT molecular complexity index is 1020. The van der Waals surface area contributed by atoms with Crippen LogP contribution in [-0.2, 0) is 14.3 Å². The van der Waals surface area contributed by atoms with Gasteiger partial charge in [0.1, 0.15) is 12.6 Å². The third kappa shape index (κ3) is 4.79. The SMILES string of the molecule is CCC(C)[C@H](NC(=O)OCC1c2ccccc2-c2ccccc21)C(=O)N1CCCC(C(=O)O)C1. The number of benzene rings is 2. The van der Waals surface area contributed by atoms with Crippen molar-refractivity contribution in [2.45, 2.75) is 45.1 Å². The molecule has 1 fully saturated rings. The van der Waals surface area contributed by atoms with Crippen molar-refractivity contribution in [3.63, 3.8) is 0 Å². The fourth-order valence-corrected chi connectivity index (χ4v) is 5.03. The Morgan fingerprint density at radius 2 is 1.71 bits per heavy atom. The lowest BCUT2D eigenvalue weighted by molar-refractivity contribution is -0.146. The third-order valence-corrected chi connectivity index (χ3v) is 7.18. The van der Waals surface area contributed by atoms with Gasteiger partial charge in [0.2, 0.25) is 5.91 Å². The number of ether oxygens (including phenoxy) is 1. The number of likely N-dealkylation sites (tertiary alicyclic amines) is 1. The number of nitrogens with one attached hydrogen (secondary N) is 1. The van der Waals surface area contributed by atoms with Gasteiger partial charge in [-0.05, 0) is 41.0 Å². The first-order valence-corrected chi connectivity index (χ1v) is 12.0. The van der Waals surface area contributed by atoms with Crippen LogP contribution in [0.25, 0.3) is 11.1 Å². The molecule has 2 aromatic carbocycles. The van der Waals surface area contributed by atoms with E-state index >= 15 is 0 Å². The Morgan fingerprint density at radius 3 is 2.29 bits per heavy atom. The molecule has 7 heteroatoms. The van der Waals surface area contributed by atoms with Gasteiger partial charge < -0.3 is 20.1 Å². The van der Waals surface area contributed by atoms with E-state index in [4.69, 9.17) is 4.74 Å². The number of aliphatic carboxylic acids is 1. The maximum atomic E-state index is 13.3. The fraction of sp³-hybridized carbons (Fsp3) is 0.444. The maximum absolute atomic E-state index is 13.3. The van der Waals surface area contributed by atoms with Gasteiger partial charge in [-0.1, -0.05) is 68.8 Å². The van der Waals surface area contributed by atoms with Gasteiger partial charge in [0, 0.05) is 19.0 Å². The van der Waals surface area contributed by atoms with Crippen LogP contribution >= 0.6 is 0 Å². The topological polar surface area (TPSA) is 95.9 Å². The Kier molecular flexibility index (Phi) is 7.20. The van der Waals surface area contributed by atoms with Gasteiger partial charge in [-0.15, -0.1) is 0 Å². The first-order valence-electron chi connectivity index (χ1n) is 12.0. The van der Waals surface area contributed by atoms with Gasteiger partial charge in [0.15, 0.2) is 0 Å². The van der Waals surface area contributed by atoms with Gasteiger partial charge in [0.25, 0.3) is 0 Å². The summed E-state index contributed by atoms with van der Waals surface area (Å²) < 4.78 is 5.65. The summed E-state index contributed by atoms with van der Waals surface area (Å²) in [6.07, 6.45) is 1.26. The number of piperidine rings is 1. The number of hydrogen-bond donors (Lipinski definition) is 2. The average Bonchev–Trinajstić information content (AvgIpc) is 3.19. The summed E-state index contributed by atoms with van der Waals surface area (Å²) >= 11 is 0. The summed E-state index contributed by atoms with van der Waals surface area (Å²) in [5.74, 6) is -1.87. The van der Waals surface area contributed by atoms with Crippen LogP contribution in [0.5, 0.6) is 0 Å². The number of carboxylic acid groups (broad SMARTS) is 1. The van der Waals surface area contributed by atoms with Crippen molar-refractivity contribution in [1.82, 2.24) is 10.2 Å². The highest BCUT2D eigenvalue weighted by atomic mass is 16.5. The molecule has 0 bridgehead atoms. The van der Waals surface area contributed by atoms with E-state index in [9.17, 15) is 19.5 Å². The van der Waals surface area contributed by atoms with Gasteiger partial charge >= 0.3 is 12.1 Å². The van der Waals surface area contributed by atoms with Crippen molar-refractivity contribution in [3.05, 3.63) is 59.7 Å². The van der Waals surface area contributed by atoms with Crippen LogP contribution in [0.4, 0.5) is 4.79 Å². The summed E-state index contributed by atoms with van der Waals surface area (Å²) in [7, 11) is 0. The van der Waals surface area contributed by atoms with E-state index in [-0.39, 0.29) is 30.9 Å². The van der Waals surface area contributed by atoms with Crippen LogP contribution in [0.1, 0.15) is 50.2 Å². The van der Waals surface area contributed by atoms with E-state index < -0.39 is 24.0 Å². The largest absolute Gasteiger partial charge is 0.481 e. The number of hydrogen-bond acceptors (Lipinski definition) is 4. The number of alkyl carbamates (subject to hydrolysis) is 1. The zero-order chi connectivity index (χ0) is 24.2. The summed E-state index contributed by atoms with van der Waals surface area (Å²) in [4.78, 5) is 39.1. The highest BCUT2D eigenvalue weighted by Crippen LogP contribution is 2.44. The molecule has 0 spiro atoms. The molecule has 0 aromatic heterocycles. The van der Waals surface area contributed by atoms with Crippen molar-refractivity contribution in [3.8, 4) is 11.1 Å². The van der Waals surface area contributed by atoms with E-state index in [0.29, 0.717) is 25.8 Å². The van der Waals surface area contributed by atoms with Crippen molar-refractivity contribution >= 4 is 18.0 Å². The first-order chi connectivity index (χ1) is 16.4. The molecule has 2 amide bonds. The van der Waals surface area contributed by atoms with Gasteiger partial charge in [-0.25, -0.2) is 4.79 Å². The smallest absolute Gasteiger partial charge is 0.407 e. The number of nitrogens with zero attached hydrogens (tertiary/aromatic N) is 1. The molecule has 0 radical (unpaired) electrons. The molecule has 3 atom stereocenters. The van der Waals surface area contributed by atoms with Crippen LogP contribution in [0.2, 0.25) is 0 Å². The number of fused-ring (bicyclic) bond motifs is 3. The van der Waals surface area contributed by atoms with Crippen molar-refractivity contribution in [2.75, 3.05) is 19.7 Å². The van der Waals surface area contributed by atoms with E-state index in [1.165, 1.54) is 0 Å². The minimum Gasteiger partial charge on any atom is -0.481 e. The van der Waals surface area contributed by atoms with Crippen LogP contribution in [-0.4, -0.2) is 53.7 Å². The molecule has 0 saturated carbocycles. The van der Waals surface area contributed by atoms with Crippen molar-refractivity contribution < 1.29 is 24.2 Å². The van der Waals surface area contributed by atoms with Crippen LogP contribution < -0.4 is 5.32 Å². The minimum atomic E-state index is -0.887. The Labute approximate surface area is 200 Å². The molecule has 34 heavy (non-hydrogen) atoms. The molecule has 1 aliphatic heterocycles. The molecule has 1 saturated heterocycles. The van der Waals surface area contributed by atoms with Gasteiger partial charge in [-0.2, -0.15) is 0 Å². The van der Waals surface area contributed by atoms with Crippen molar-refractivity contribution in [2.24, 2.45) is 11.8 Å². The Morgan fingerprint density at radius 1 is 1.09 bits per heavy atom. The normalized spacial score (nSPS) is 19.0. The summed E-state index contributed by atoms with van der Waals surface area (Å²) in [5.41, 5.74) is 4.55. The molecular formula is C27H32N2O5. The zero-order valence-electron chi connectivity index (χ0n) is 19.7. The summed E-state index contributed by atoms with van der Waals surface area (Å²) in [6.45, 7) is 4.72. The minimum absolute atomic E-state index is 0.0608. The van der Waals surface area contributed by atoms with Crippen LogP contribution in [0, 0.1) is 11.8 Å². The van der Waals surface area contributed by atoms with E-state index in [1.54, 1.807) is 4.90 Å². The average molecular weight is 465 g/mol. The molecule has 1 aliphatic carbocycles. The lowest BCUT2D eigenvalue weighted by Crippen LogP contribution is -2.54. The molecular weight excluding hydrogens is 432 g/mol. The highest BCUT2D eigenvalue weighted by Gasteiger charge is 2.35. The van der Waals surface area contributed by atoms with Gasteiger partial charge in [0.05, 0.1) is 5.92 Å². The Balaban J connectivity index is 1.43. The molecule has 180 valence electrons. The molecule has 2 aromatic rings. The quantitative estimate of drug-likeness (QED) is 0.638. The number of carboxylic acids is 1. The monoisotopic (exact) mass is 464 g/mol. The molecule has 4 rings (SSSR count). The maximum Gasteiger partial charge on any atom is 0.407 e. The number of carbonyl (C=O) groups is 3. The highest BCUT2D eigenvalue weighted by molar-refractivity contribution is 5.87. The lowest BCUT2D eigenvalue weighted by atomic mass is 9.94. The third-order valence-electron chi connectivity index (χ3n) is 7.18. The second kappa shape index (κ2) is 10.3. The number of amides is 2. The molecule has 2 unspecified atom stereocenters. The van der Waals surface area contributed by atoms with Crippen LogP contribution in [0.3, 0.4) is 0 Å². The zero-order valence-corrected chi connectivity index (χ0v) is 19.7. The second-order valence-corrected chi connectivity index (χ2v) is 9.29. The standard InChI is InChI=1S/C27H32N2O5/c1-3-17(2)24(25(30)29-14-8-9-18(15-29)26(31)32)28-27(33)34-16-23-21-12-6-4-10-19(21)20-11-5-7-13-22(20)23/h4-7,10-13,17-18,23-24H,3,8-9,14-16H2,1-2H3,(H,28,33)(H,31,32)/t17?,18?,24-/m0/s1. The van der Waals surface area contributed by atoms with E-state index in [1.807, 2.05) is 38.1 Å². The number of carbonyl (C=O) groups excluding carboxylic acids is 2. The van der Waals surface area contributed by atoms with Gasteiger partial charge in [-0.3, -0.25) is 9.59 Å². The predicted octanol–water partition coefficient (Wildman–Crippen LogP) is 4.26. The number of rotatable bonds is 7. The molecule has 7 nitrogen and oxygen atoms in total. The first kappa shape index (κ1) is 23.8. The molecule has 2 N–H and O–H groups in total. The second-order valence-electron chi connectivity index (χ2n) is 9.29. The fourth-order valence-electron chi connectivity index (χ4n) is 5.03.